The number of aryl methyl sites for hydroxylation is 1. The second kappa shape index (κ2) is 6.11. The van der Waals surface area contributed by atoms with Crippen molar-refractivity contribution in [2.24, 2.45) is 0 Å². The van der Waals surface area contributed by atoms with Crippen molar-refractivity contribution in [3.05, 3.63) is 69.7 Å². The van der Waals surface area contributed by atoms with Gasteiger partial charge in [-0.15, -0.1) is 0 Å². The summed E-state index contributed by atoms with van der Waals surface area (Å²) in [5.41, 5.74) is 4.28. The zero-order chi connectivity index (χ0) is 13.9. The lowest BCUT2D eigenvalue weighted by atomic mass is 9.77. The average molecular weight is 330 g/mol. The number of benzene rings is 2. The molecule has 1 fully saturated rings. The van der Waals surface area contributed by atoms with E-state index in [1.165, 1.54) is 23.1 Å². The van der Waals surface area contributed by atoms with Crippen LogP contribution in [-0.2, 0) is 0 Å². The molecule has 1 nitrogen and oxygen atoms in total. The second-order valence-corrected chi connectivity index (χ2v) is 6.59. The lowest BCUT2D eigenvalue weighted by Gasteiger charge is -2.33. The normalized spacial score (nSPS) is 22.7. The van der Waals surface area contributed by atoms with Gasteiger partial charge in [0.25, 0.3) is 0 Å². The minimum atomic E-state index is 0.568. The predicted octanol–water partition coefficient (Wildman–Crippen LogP) is 4.62. The van der Waals surface area contributed by atoms with Crippen molar-refractivity contribution in [2.75, 3.05) is 13.1 Å². The molecular weight excluding hydrogens is 310 g/mol. The van der Waals surface area contributed by atoms with E-state index >= 15 is 0 Å². The van der Waals surface area contributed by atoms with Crippen LogP contribution in [0.1, 0.15) is 34.9 Å². The Balaban J connectivity index is 1.93. The molecule has 104 valence electrons. The molecule has 20 heavy (non-hydrogen) atoms. The fourth-order valence-electron chi connectivity index (χ4n) is 3.22. The minimum Gasteiger partial charge on any atom is -0.316 e. The second-order valence-electron chi connectivity index (χ2n) is 5.67. The van der Waals surface area contributed by atoms with Crippen molar-refractivity contribution in [2.45, 2.75) is 25.2 Å². The van der Waals surface area contributed by atoms with E-state index < -0.39 is 0 Å². The fourth-order valence-corrected chi connectivity index (χ4v) is 3.48. The van der Waals surface area contributed by atoms with Crippen LogP contribution in [0, 0.1) is 6.92 Å². The summed E-state index contributed by atoms with van der Waals surface area (Å²) in [5, 5.41) is 3.55. The maximum Gasteiger partial charge on any atom is 0.0175 e. The summed E-state index contributed by atoms with van der Waals surface area (Å²) < 4.78 is 1.15. The van der Waals surface area contributed by atoms with Gasteiger partial charge in [-0.05, 0) is 49.1 Å². The summed E-state index contributed by atoms with van der Waals surface area (Å²) in [6.07, 6.45) is 1.21. The number of hydrogen-bond acceptors (Lipinski definition) is 1. The third-order valence-corrected chi connectivity index (χ3v) is 4.78. The Bertz CT molecular complexity index is 576. The monoisotopic (exact) mass is 329 g/mol. The van der Waals surface area contributed by atoms with E-state index in [0.717, 1.165) is 17.6 Å². The van der Waals surface area contributed by atoms with Crippen LogP contribution in [0.5, 0.6) is 0 Å². The maximum atomic E-state index is 3.55. The van der Waals surface area contributed by atoms with Crippen molar-refractivity contribution in [1.29, 1.82) is 0 Å². The molecule has 1 aliphatic heterocycles. The van der Waals surface area contributed by atoms with Gasteiger partial charge in [-0.2, -0.15) is 0 Å². The first kappa shape index (κ1) is 13.8. The fraction of sp³-hybridized carbons (Fsp3) is 0.333. The molecule has 1 aliphatic rings. The van der Waals surface area contributed by atoms with E-state index in [-0.39, 0.29) is 0 Å². The Kier molecular flexibility index (Phi) is 4.23. The van der Waals surface area contributed by atoms with Gasteiger partial charge in [-0.1, -0.05) is 57.9 Å². The molecule has 2 aromatic carbocycles. The summed E-state index contributed by atoms with van der Waals surface area (Å²) >= 11 is 3.52. The summed E-state index contributed by atoms with van der Waals surface area (Å²) in [6.45, 7) is 4.37. The van der Waals surface area contributed by atoms with Crippen molar-refractivity contribution >= 4 is 15.9 Å². The van der Waals surface area contributed by atoms with Crippen molar-refractivity contribution in [3.8, 4) is 0 Å². The van der Waals surface area contributed by atoms with Crippen molar-refractivity contribution in [1.82, 2.24) is 5.32 Å². The van der Waals surface area contributed by atoms with Crippen LogP contribution in [0.2, 0.25) is 0 Å². The van der Waals surface area contributed by atoms with Gasteiger partial charge in [0.05, 0.1) is 0 Å². The number of halogens is 1. The topological polar surface area (TPSA) is 12.0 Å². The predicted molar refractivity (Wildman–Crippen MR) is 88.3 cm³/mol. The van der Waals surface area contributed by atoms with Crippen LogP contribution >= 0.6 is 15.9 Å². The highest BCUT2D eigenvalue weighted by molar-refractivity contribution is 9.10. The van der Waals surface area contributed by atoms with E-state index in [0.29, 0.717) is 11.8 Å². The number of rotatable bonds is 2. The molecule has 1 heterocycles. The molecule has 0 amide bonds. The first-order valence-electron chi connectivity index (χ1n) is 7.27. The average Bonchev–Trinajstić information content (AvgIpc) is 2.48. The standard InChI is InChI=1S/C18H20BrN/c1-13-3-2-4-15(11-13)17-9-10-20-12-18(17)14-5-7-16(19)8-6-14/h2-8,11,17-18,20H,9-10,12H2,1H3. The van der Waals surface area contributed by atoms with Crippen LogP contribution in [0.4, 0.5) is 0 Å². The summed E-state index contributed by atoms with van der Waals surface area (Å²) in [6, 6.07) is 17.8. The summed E-state index contributed by atoms with van der Waals surface area (Å²) in [4.78, 5) is 0. The third kappa shape index (κ3) is 2.97. The van der Waals surface area contributed by atoms with Gasteiger partial charge in [0.15, 0.2) is 0 Å². The number of piperidine rings is 1. The molecule has 0 aliphatic carbocycles. The van der Waals surface area contributed by atoms with Gasteiger partial charge < -0.3 is 5.32 Å². The molecule has 2 aromatic rings. The van der Waals surface area contributed by atoms with Crippen LogP contribution in [0.3, 0.4) is 0 Å². The van der Waals surface area contributed by atoms with Crippen LogP contribution in [0.25, 0.3) is 0 Å². The van der Waals surface area contributed by atoms with Crippen LogP contribution in [-0.4, -0.2) is 13.1 Å². The Morgan fingerprint density at radius 3 is 2.55 bits per heavy atom. The van der Waals surface area contributed by atoms with Gasteiger partial charge >= 0.3 is 0 Å². The van der Waals surface area contributed by atoms with Gasteiger partial charge in [-0.3, -0.25) is 0 Å². The Morgan fingerprint density at radius 2 is 1.80 bits per heavy atom. The summed E-state index contributed by atoms with van der Waals surface area (Å²) in [5.74, 6) is 1.19. The molecule has 2 heteroatoms. The van der Waals surface area contributed by atoms with E-state index in [2.05, 4.69) is 76.7 Å². The molecule has 0 bridgehead atoms. The molecule has 0 aromatic heterocycles. The molecule has 1 saturated heterocycles. The van der Waals surface area contributed by atoms with Gasteiger partial charge in [0.1, 0.15) is 0 Å². The lowest BCUT2D eigenvalue weighted by Crippen LogP contribution is -2.34. The molecule has 0 radical (unpaired) electrons. The first-order chi connectivity index (χ1) is 9.74. The van der Waals surface area contributed by atoms with E-state index in [4.69, 9.17) is 0 Å². The molecule has 2 atom stereocenters. The first-order valence-corrected chi connectivity index (χ1v) is 8.06. The molecule has 0 spiro atoms. The number of nitrogens with one attached hydrogen (secondary N) is 1. The zero-order valence-electron chi connectivity index (χ0n) is 11.8. The van der Waals surface area contributed by atoms with Crippen molar-refractivity contribution in [3.63, 3.8) is 0 Å². The summed E-state index contributed by atoms with van der Waals surface area (Å²) in [7, 11) is 0. The van der Waals surface area contributed by atoms with Gasteiger partial charge in [0.2, 0.25) is 0 Å². The highest BCUT2D eigenvalue weighted by Crippen LogP contribution is 2.37. The molecule has 0 saturated carbocycles. The Morgan fingerprint density at radius 1 is 1.00 bits per heavy atom. The molecule has 2 unspecified atom stereocenters. The Labute approximate surface area is 129 Å². The van der Waals surface area contributed by atoms with Crippen molar-refractivity contribution < 1.29 is 0 Å². The minimum absolute atomic E-state index is 0.568. The quantitative estimate of drug-likeness (QED) is 0.847. The smallest absolute Gasteiger partial charge is 0.0175 e. The molecule has 3 rings (SSSR count). The zero-order valence-corrected chi connectivity index (χ0v) is 13.4. The Hall–Kier alpha value is -1.12. The molecule has 1 N–H and O–H groups in total. The highest BCUT2D eigenvalue weighted by atomic mass is 79.9. The van der Waals surface area contributed by atoms with E-state index in [1.54, 1.807) is 0 Å². The SMILES string of the molecule is Cc1cccc(C2CCNCC2c2ccc(Br)cc2)c1. The number of hydrogen-bond donors (Lipinski definition) is 1. The van der Waals surface area contributed by atoms with E-state index in [9.17, 15) is 0 Å². The highest BCUT2D eigenvalue weighted by Gasteiger charge is 2.27. The molecular formula is C18H20BrN. The van der Waals surface area contributed by atoms with E-state index in [1.807, 2.05) is 0 Å². The van der Waals surface area contributed by atoms with Crippen LogP contribution in [0.15, 0.2) is 53.0 Å². The lowest BCUT2D eigenvalue weighted by molar-refractivity contribution is 0.404. The van der Waals surface area contributed by atoms with Crippen LogP contribution < -0.4 is 5.32 Å². The maximum absolute atomic E-state index is 3.55. The van der Waals surface area contributed by atoms with Gasteiger partial charge in [0, 0.05) is 16.9 Å². The third-order valence-electron chi connectivity index (χ3n) is 4.25. The largest absolute Gasteiger partial charge is 0.316 e. The van der Waals surface area contributed by atoms with Gasteiger partial charge in [-0.25, -0.2) is 0 Å².